The molecular formula is C12H16ClNO. The lowest BCUT2D eigenvalue weighted by Gasteiger charge is -2.16. The number of benzene rings is 1. The second-order valence-electron chi connectivity index (χ2n) is 3.53. The van der Waals surface area contributed by atoms with Crippen LogP contribution in [0.15, 0.2) is 30.9 Å². The van der Waals surface area contributed by atoms with E-state index in [0.717, 1.165) is 11.3 Å². The highest BCUT2D eigenvalue weighted by Gasteiger charge is 2.10. The first-order valence-corrected chi connectivity index (χ1v) is 5.26. The average molecular weight is 226 g/mol. The first-order chi connectivity index (χ1) is 7.04. The molecule has 0 saturated carbocycles. The largest absolute Gasteiger partial charge is 0.486 e. The smallest absolute Gasteiger partial charge is 0.125 e. The quantitative estimate of drug-likeness (QED) is 0.798. The number of rotatable bonds is 4. The Balaban J connectivity index is 3.00. The molecule has 82 valence electrons. The van der Waals surface area contributed by atoms with Crippen molar-refractivity contribution in [2.75, 3.05) is 0 Å². The Bertz CT molecular complexity index is 349. The predicted octanol–water partition coefficient (Wildman–Crippen LogP) is 3.31. The van der Waals surface area contributed by atoms with Crippen molar-refractivity contribution in [1.29, 1.82) is 0 Å². The van der Waals surface area contributed by atoms with Crippen molar-refractivity contribution in [1.82, 2.24) is 0 Å². The van der Waals surface area contributed by atoms with Gasteiger partial charge in [0.05, 0.1) is 0 Å². The Kier molecular flexibility index (Phi) is 4.18. The van der Waals surface area contributed by atoms with Crippen LogP contribution in [0, 0.1) is 0 Å². The molecule has 3 heteroatoms. The van der Waals surface area contributed by atoms with E-state index in [-0.39, 0.29) is 12.1 Å². The lowest BCUT2D eigenvalue weighted by Crippen LogP contribution is -2.12. The molecule has 1 aromatic carbocycles. The molecule has 1 aromatic rings. The highest BCUT2D eigenvalue weighted by molar-refractivity contribution is 6.30. The highest BCUT2D eigenvalue weighted by Crippen LogP contribution is 2.28. The fourth-order valence-electron chi connectivity index (χ4n) is 1.23. The van der Waals surface area contributed by atoms with Gasteiger partial charge in [0.2, 0.25) is 0 Å². The number of hydrogen-bond acceptors (Lipinski definition) is 2. The standard InChI is InChI=1S/C12H16ClNO/c1-4-8(2)15-12-6-5-10(13)7-11(12)9(3)14/h4-9H,1,14H2,2-3H3/t8?,9-/m0/s1. The number of nitrogens with two attached hydrogens (primary N) is 1. The van der Waals surface area contributed by atoms with Crippen molar-refractivity contribution >= 4 is 11.6 Å². The zero-order chi connectivity index (χ0) is 11.4. The Hall–Kier alpha value is -0.990. The van der Waals surface area contributed by atoms with Crippen LogP contribution in [0.2, 0.25) is 5.02 Å². The van der Waals surface area contributed by atoms with Gasteiger partial charge in [0.15, 0.2) is 0 Å². The minimum absolute atomic E-state index is 0.0383. The molecule has 1 unspecified atom stereocenters. The van der Waals surface area contributed by atoms with Crippen molar-refractivity contribution in [3.63, 3.8) is 0 Å². The van der Waals surface area contributed by atoms with Gasteiger partial charge in [-0.05, 0) is 32.0 Å². The van der Waals surface area contributed by atoms with Crippen LogP contribution in [-0.2, 0) is 0 Å². The molecule has 0 aliphatic rings. The maximum absolute atomic E-state index is 5.90. The number of ether oxygens (including phenoxy) is 1. The summed E-state index contributed by atoms with van der Waals surface area (Å²) >= 11 is 5.90. The van der Waals surface area contributed by atoms with Gasteiger partial charge in [-0.25, -0.2) is 0 Å². The molecule has 0 heterocycles. The zero-order valence-electron chi connectivity index (χ0n) is 9.03. The van der Waals surface area contributed by atoms with Crippen LogP contribution in [0.25, 0.3) is 0 Å². The summed E-state index contributed by atoms with van der Waals surface area (Å²) in [4.78, 5) is 0. The van der Waals surface area contributed by atoms with E-state index in [0.29, 0.717) is 5.02 Å². The van der Waals surface area contributed by atoms with E-state index in [2.05, 4.69) is 6.58 Å². The fourth-order valence-corrected chi connectivity index (χ4v) is 1.41. The van der Waals surface area contributed by atoms with E-state index in [1.165, 1.54) is 0 Å². The molecule has 0 aliphatic carbocycles. The molecule has 2 atom stereocenters. The molecule has 15 heavy (non-hydrogen) atoms. The van der Waals surface area contributed by atoms with E-state index in [9.17, 15) is 0 Å². The first kappa shape index (κ1) is 12.1. The van der Waals surface area contributed by atoms with Gasteiger partial charge in [-0.1, -0.05) is 24.3 Å². The van der Waals surface area contributed by atoms with Gasteiger partial charge in [-0.15, -0.1) is 0 Å². The van der Waals surface area contributed by atoms with Crippen LogP contribution >= 0.6 is 11.6 Å². The summed E-state index contributed by atoms with van der Waals surface area (Å²) in [6.07, 6.45) is 1.70. The number of halogens is 1. The second-order valence-corrected chi connectivity index (χ2v) is 3.97. The van der Waals surface area contributed by atoms with E-state index < -0.39 is 0 Å². The summed E-state index contributed by atoms with van der Waals surface area (Å²) in [6.45, 7) is 7.49. The number of hydrogen-bond donors (Lipinski definition) is 1. The molecular weight excluding hydrogens is 210 g/mol. The highest BCUT2D eigenvalue weighted by atomic mass is 35.5. The Labute approximate surface area is 95.7 Å². The SMILES string of the molecule is C=CC(C)Oc1ccc(Cl)cc1[C@H](C)N. The van der Waals surface area contributed by atoms with Crippen LogP contribution in [0.5, 0.6) is 5.75 Å². The van der Waals surface area contributed by atoms with E-state index >= 15 is 0 Å². The lowest BCUT2D eigenvalue weighted by atomic mass is 10.1. The van der Waals surface area contributed by atoms with Crippen molar-refractivity contribution < 1.29 is 4.74 Å². The zero-order valence-corrected chi connectivity index (χ0v) is 9.79. The molecule has 0 saturated heterocycles. The molecule has 2 nitrogen and oxygen atoms in total. The summed E-state index contributed by atoms with van der Waals surface area (Å²) in [5.41, 5.74) is 6.75. The second kappa shape index (κ2) is 5.19. The predicted molar refractivity (Wildman–Crippen MR) is 64.3 cm³/mol. The minimum atomic E-state index is -0.101. The molecule has 0 fully saturated rings. The summed E-state index contributed by atoms with van der Waals surface area (Å²) in [5.74, 6) is 0.766. The summed E-state index contributed by atoms with van der Waals surface area (Å²) in [7, 11) is 0. The lowest BCUT2D eigenvalue weighted by molar-refractivity contribution is 0.266. The molecule has 0 spiro atoms. The third kappa shape index (κ3) is 3.26. The van der Waals surface area contributed by atoms with Gasteiger partial charge in [-0.3, -0.25) is 0 Å². The molecule has 0 bridgehead atoms. The third-order valence-electron chi connectivity index (χ3n) is 2.11. The maximum Gasteiger partial charge on any atom is 0.125 e. The van der Waals surface area contributed by atoms with E-state index in [1.54, 1.807) is 12.1 Å². The third-order valence-corrected chi connectivity index (χ3v) is 2.34. The van der Waals surface area contributed by atoms with Gasteiger partial charge in [0.25, 0.3) is 0 Å². The Morgan fingerprint density at radius 2 is 2.13 bits per heavy atom. The minimum Gasteiger partial charge on any atom is -0.486 e. The summed E-state index contributed by atoms with van der Waals surface area (Å²) in [6, 6.07) is 5.35. The van der Waals surface area contributed by atoms with Crippen LogP contribution in [0.1, 0.15) is 25.5 Å². The molecule has 1 rings (SSSR count). The van der Waals surface area contributed by atoms with Gasteiger partial charge >= 0.3 is 0 Å². The monoisotopic (exact) mass is 225 g/mol. The van der Waals surface area contributed by atoms with Crippen LogP contribution in [-0.4, -0.2) is 6.10 Å². The van der Waals surface area contributed by atoms with Crippen molar-refractivity contribution in [2.45, 2.75) is 26.0 Å². The van der Waals surface area contributed by atoms with Crippen molar-refractivity contribution in [3.8, 4) is 5.75 Å². The van der Waals surface area contributed by atoms with Gasteiger partial charge in [-0.2, -0.15) is 0 Å². The topological polar surface area (TPSA) is 35.2 Å². The fraction of sp³-hybridized carbons (Fsp3) is 0.333. The van der Waals surface area contributed by atoms with Gasteiger partial charge in [0, 0.05) is 16.6 Å². The Morgan fingerprint density at radius 1 is 1.47 bits per heavy atom. The van der Waals surface area contributed by atoms with E-state index in [4.69, 9.17) is 22.1 Å². The van der Waals surface area contributed by atoms with Crippen LogP contribution in [0.4, 0.5) is 0 Å². The van der Waals surface area contributed by atoms with Crippen LogP contribution < -0.4 is 10.5 Å². The summed E-state index contributed by atoms with van der Waals surface area (Å²) < 4.78 is 5.65. The van der Waals surface area contributed by atoms with Gasteiger partial charge < -0.3 is 10.5 Å². The van der Waals surface area contributed by atoms with Crippen molar-refractivity contribution in [3.05, 3.63) is 41.4 Å². The normalized spacial score (nSPS) is 14.4. The molecule has 0 aliphatic heterocycles. The average Bonchev–Trinajstić information content (AvgIpc) is 2.20. The molecule has 0 aromatic heterocycles. The molecule has 0 amide bonds. The van der Waals surface area contributed by atoms with Crippen LogP contribution in [0.3, 0.4) is 0 Å². The Morgan fingerprint density at radius 3 is 2.67 bits per heavy atom. The summed E-state index contributed by atoms with van der Waals surface area (Å²) in [5, 5.41) is 0.668. The maximum atomic E-state index is 5.90. The molecule has 2 N–H and O–H groups in total. The molecule has 0 radical (unpaired) electrons. The van der Waals surface area contributed by atoms with Gasteiger partial charge in [0.1, 0.15) is 11.9 Å². The van der Waals surface area contributed by atoms with E-state index in [1.807, 2.05) is 26.0 Å². The first-order valence-electron chi connectivity index (χ1n) is 4.89. The van der Waals surface area contributed by atoms with Crippen molar-refractivity contribution in [2.24, 2.45) is 5.73 Å².